The average molecular weight is 306 g/mol. The van der Waals surface area contributed by atoms with Gasteiger partial charge in [0.05, 0.1) is 5.03 Å². The minimum atomic E-state index is -0.340. The predicted octanol–water partition coefficient (Wildman–Crippen LogP) is 4.58. The molecule has 0 saturated heterocycles. The van der Waals surface area contributed by atoms with Gasteiger partial charge in [-0.3, -0.25) is 0 Å². The zero-order chi connectivity index (χ0) is 14.3. The fourth-order valence-corrected chi connectivity index (χ4v) is 1.76. The summed E-state index contributed by atoms with van der Waals surface area (Å²) in [4.78, 5) is 0. The van der Waals surface area contributed by atoms with Gasteiger partial charge in [0.25, 0.3) is 0 Å². The van der Waals surface area contributed by atoms with E-state index in [1.165, 1.54) is 17.7 Å². The summed E-state index contributed by atoms with van der Waals surface area (Å²) >= 11 is 11.2. The van der Waals surface area contributed by atoms with E-state index in [4.69, 9.17) is 27.9 Å². The summed E-state index contributed by atoms with van der Waals surface area (Å²) in [5, 5.41) is 3.70. The van der Waals surface area contributed by atoms with Crippen LogP contribution in [0.4, 0.5) is 4.39 Å². The van der Waals surface area contributed by atoms with E-state index in [2.05, 4.69) is 12.2 Å². The zero-order valence-electron chi connectivity index (χ0n) is 11.1. The fourth-order valence-electron chi connectivity index (χ4n) is 1.64. The fraction of sp³-hybridized carbons (Fsp3) is 0.429. The Morgan fingerprint density at radius 2 is 2.26 bits per heavy atom. The first-order valence-electron chi connectivity index (χ1n) is 6.18. The third-order valence-corrected chi connectivity index (χ3v) is 3.22. The highest BCUT2D eigenvalue weighted by Crippen LogP contribution is 2.27. The van der Waals surface area contributed by atoms with Gasteiger partial charge in [-0.25, -0.2) is 4.39 Å². The predicted molar refractivity (Wildman–Crippen MR) is 78.4 cm³/mol. The van der Waals surface area contributed by atoms with Gasteiger partial charge in [0.2, 0.25) is 0 Å². The van der Waals surface area contributed by atoms with Crippen LogP contribution in [-0.4, -0.2) is 13.2 Å². The van der Waals surface area contributed by atoms with Gasteiger partial charge in [-0.1, -0.05) is 36.2 Å². The van der Waals surface area contributed by atoms with E-state index in [1.807, 2.05) is 6.92 Å². The maximum atomic E-state index is 13.3. The van der Waals surface area contributed by atoms with Crippen molar-refractivity contribution in [1.82, 2.24) is 5.32 Å². The van der Waals surface area contributed by atoms with Gasteiger partial charge in [-0.15, -0.1) is 0 Å². The molecule has 0 bridgehead atoms. The van der Waals surface area contributed by atoms with Gasteiger partial charge >= 0.3 is 0 Å². The largest absolute Gasteiger partial charge is 0.488 e. The van der Waals surface area contributed by atoms with Crippen LogP contribution in [0.2, 0.25) is 0 Å². The van der Waals surface area contributed by atoms with Crippen LogP contribution in [0.1, 0.15) is 31.9 Å². The van der Waals surface area contributed by atoms with Crippen molar-refractivity contribution in [3.63, 3.8) is 0 Å². The Morgan fingerprint density at radius 3 is 2.89 bits per heavy atom. The third kappa shape index (κ3) is 5.39. The van der Waals surface area contributed by atoms with Crippen LogP contribution in [0.5, 0.6) is 5.75 Å². The monoisotopic (exact) mass is 305 g/mol. The first-order valence-corrected chi connectivity index (χ1v) is 7.00. The standard InChI is InChI=1S/C14H18Cl2FNO/c1-3-6-18-10(2)13-5-4-12(17)7-14(13)19-9-11(16)8-15/h4-5,7-8,10,18H,3,6,9H2,1-2H3. The number of hydrogen-bond donors (Lipinski definition) is 1. The second-order valence-electron chi connectivity index (χ2n) is 4.20. The lowest BCUT2D eigenvalue weighted by Crippen LogP contribution is -2.20. The van der Waals surface area contributed by atoms with Crippen LogP contribution in [-0.2, 0) is 0 Å². The quantitative estimate of drug-likeness (QED) is 0.796. The Labute approximate surface area is 123 Å². The molecular weight excluding hydrogens is 288 g/mol. The molecule has 0 amide bonds. The highest BCUT2D eigenvalue weighted by Gasteiger charge is 2.12. The second kappa shape index (κ2) is 8.41. The summed E-state index contributed by atoms with van der Waals surface area (Å²) in [5.74, 6) is 0.139. The molecule has 106 valence electrons. The summed E-state index contributed by atoms with van der Waals surface area (Å²) in [6.07, 6.45) is 1.03. The maximum Gasteiger partial charge on any atom is 0.127 e. The Kier molecular flexibility index (Phi) is 7.21. The summed E-state index contributed by atoms with van der Waals surface area (Å²) in [5.41, 5.74) is 2.13. The second-order valence-corrected chi connectivity index (χ2v) is 4.91. The molecule has 1 N–H and O–H groups in total. The summed E-state index contributed by atoms with van der Waals surface area (Å²) in [7, 11) is 0. The van der Waals surface area contributed by atoms with Crippen LogP contribution in [0, 0.1) is 5.82 Å². The van der Waals surface area contributed by atoms with Gasteiger partial charge in [-0.2, -0.15) is 0 Å². The average Bonchev–Trinajstić information content (AvgIpc) is 2.42. The van der Waals surface area contributed by atoms with E-state index in [0.717, 1.165) is 18.5 Å². The normalized spacial score (nSPS) is 13.4. The van der Waals surface area contributed by atoms with E-state index in [9.17, 15) is 4.39 Å². The molecule has 0 saturated carbocycles. The minimum Gasteiger partial charge on any atom is -0.488 e. The highest BCUT2D eigenvalue weighted by molar-refractivity contribution is 6.36. The van der Waals surface area contributed by atoms with E-state index in [1.54, 1.807) is 6.07 Å². The Morgan fingerprint density at radius 1 is 1.53 bits per heavy atom. The van der Waals surface area contributed by atoms with E-state index >= 15 is 0 Å². The number of hydrogen-bond acceptors (Lipinski definition) is 2. The van der Waals surface area contributed by atoms with Crippen molar-refractivity contribution in [2.45, 2.75) is 26.3 Å². The molecule has 0 aliphatic heterocycles. The van der Waals surface area contributed by atoms with Crippen LogP contribution >= 0.6 is 23.2 Å². The van der Waals surface area contributed by atoms with Crippen molar-refractivity contribution >= 4 is 23.2 Å². The number of nitrogens with one attached hydrogen (secondary N) is 1. The SMILES string of the molecule is CCCNC(C)c1ccc(F)cc1OCC(Cl)=CCl. The van der Waals surface area contributed by atoms with Gasteiger partial charge in [0.1, 0.15) is 18.2 Å². The molecule has 0 fully saturated rings. The lowest BCUT2D eigenvalue weighted by atomic mass is 10.1. The highest BCUT2D eigenvalue weighted by atomic mass is 35.5. The van der Waals surface area contributed by atoms with Crippen LogP contribution in [0.15, 0.2) is 28.8 Å². The molecule has 0 aliphatic rings. The molecule has 0 radical (unpaired) electrons. The van der Waals surface area contributed by atoms with E-state index < -0.39 is 0 Å². The van der Waals surface area contributed by atoms with Crippen LogP contribution in [0.3, 0.4) is 0 Å². The topological polar surface area (TPSA) is 21.3 Å². The van der Waals surface area contributed by atoms with Crippen molar-refractivity contribution in [2.75, 3.05) is 13.2 Å². The molecule has 0 spiro atoms. The molecule has 0 heterocycles. The first-order chi connectivity index (χ1) is 9.08. The maximum absolute atomic E-state index is 13.3. The molecule has 19 heavy (non-hydrogen) atoms. The van der Waals surface area contributed by atoms with Crippen LogP contribution in [0.25, 0.3) is 0 Å². The van der Waals surface area contributed by atoms with Crippen LogP contribution < -0.4 is 10.1 Å². The summed E-state index contributed by atoms with van der Waals surface area (Å²) < 4.78 is 18.8. The number of rotatable bonds is 7. The number of ether oxygens (including phenoxy) is 1. The summed E-state index contributed by atoms with van der Waals surface area (Å²) in [6.45, 7) is 5.11. The van der Waals surface area contributed by atoms with E-state index in [-0.39, 0.29) is 18.5 Å². The molecule has 5 heteroatoms. The molecular formula is C14H18Cl2FNO. The molecule has 1 unspecified atom stereocenters. The third-order valence-electron chi connectivity index (χ3n) is 2.63. The molecule has 1 atom stereocenters. The number of benzene rings is 1. The van der Waals surface area contributed by atoms with Gasteiger partial charge in [0, 0.05) is 23.2 Å². The van der Waals surface area contributed by atoms with Gasteiger partial charge in [-0.05, 0) is 26.0 Å². The molecule has 0 aliphatic carbocycles. The van der Waals surface area contributed by atoms with Crippen molar-refractivity contribution in [1.29, 1.82) is 0 Å². The lowest BCUT2D eigenvalue weighted by molar-refractivity contribution is 0.348. The molecule has 0 aromatic heterocycles. The van der Waals surface area contributed by atoms with Crippen molar-refractivity contribution in [2.24, 2.45) is 0 Å². The summed E-state index contributed by atoms with van der Waals surface area (Å²) in [6, 6.07) is 4.58. The van der Waals surface area contributed by atoms with Crippen molar-refractivity contribution in [3.05, 3.63) is 40.1 Å². The first kappa shape index (κ1) is 16.3. The number of halogens is 3. The van der Waals surface area contributed by atoms with Gasteiger partial charge < -0.3 is 10.1 Å². The molecule has 1 aromatic carbocycles. The van der Waals surface area contributed by atoms with Crippen molar-refractivity contribution < 1.29 is 9.13 Å². The van der Waals surface area contributed by atoms with Gasteiger partial charge in [0.15, 0.2) is 0 Å². The van der Waals surface area contributed by atoms with Crippen molar-refractivity contribution in [3.8, 4) is 5.75 Å². The minimum absolute atomic E-state index is 0.0781. The lowest BCUT2D eigenvalue weighted by Gasteiger charge is -2.18. The molecule has 1 aromatic rings. The smallest absolute Gasteiger partial charge is 0.127 e. The Hall–Kier alpha value is -0.770. The Balaban J connectivity index is 2.84. The zero-order valence-corrected chi connectivity index (χ0v) is 12.6. The Bertz CT molecular complexity index is 437. The van der Waals surface area contributed by atoms with E-state index in [0.29, 0.717) is 10.8 Å². The molecule has 2 nitrogen and oxygen atoms in total. The molecule has 1 rings (SSSR count).